The molecule has 14 heavy (non-hydrogen) atoms. The first-order valence-electron chi connectivity index (χ1n) is 5.47. The number of carbonyl (C=O) groups is 1. The van der Waals surface area contributed by atoms with Gasteiger partial charge < -0.3 is 10.2 Å². The van der Waals surface area contributed by atoms with Crippen LogP contribution in [0.1, 0.15) is 40.5 Å². The predicted molar refractivity (Wildman–Crippen MR) is 58.2 cm³/mol. The number of likely N-dealkylation sites (tertiary alicyclic amines) is 1. The van der Waals surface area contributed by atoms with Crippen LogP contribution in [-0.2, 0) is 4.79 Å². The van der Waals surface area contributed by atoms with Gasteiger partial charge in [0.1, 0.15) is 0 Å². The van der Waals surface area contributed by atoms with Crippen molar-refractivity contribution in [2.45, 2.75) is 52.1 Å². The summed E-state index contributed by atoms with van der Waals surface area (Å²) in [5.41, 5.74) is 0.0652. The summed E-state index contributed by atoms with van der Waals surface area (Å²) in [4.78, 5) is 13.8. The number of amides is 1. The van der Waals surface area contributed by atoms with Gasteiger partial charge in [0.15, 0.2) is 0 Å². The second-order valence-corrected chi connectivity index (χ2v) is 5.00. The molecular weight excluding hydrogens is 176 g/mol. The van der Waals surface area contributed by atoms with E-state index < -0.39 is 0 Å². The van der Waals surface area contributed by atoms with Crippen LogP contribution in [-0.4, -0.2) is 35.5 Å². The Morgan fingerprint density at radius 2 is 2.14 bits per heavy atom. The van der Waals surface area contributed by atoms with Crippen molar-refractivity contribution in [2.24, 2.45) is 0 Å². The summed E-state index contributed by atoms with van der Waals surface area (Å²) in [5, 5.41) is 3.17. The third-order valence-electron chi connectivity index (χ3n) is 2.86. The molecule has 0 aromatic heterocycles. The number of nitrogens with zero attached hydrogens (tertiary/aromatic N) is 1. The average molecular weight is 198 g/mol. The van der Waals surface area contributed by atoms with Gasteiger partial charge in [0.05, 0.1) is 6.54 Å². The first-order valence-corrected chi connectivity index (χ1v) is 5.47. The molecule has 3 heteroatoms. The van der Waals surface area contributed by atoms with Crippen molar-refractivity contribution in [2.75, 3.05) is 13.1 Å². The minimum absolute atomic E-state index is 0.0652. The lowest BCUT2D eigenvalue weighted by molar-refractivity contribution is -0.133. The van der Waals surface area contributed by atoms with E-state index in [1.165, 1.54) is 0 Å². The molecular formula is C11H22N2O. The van der Waals surface area contributed by atoms with Gasteiger partial charge in [-0.05, 0) is 26.7 Å². The van der Waals surface area contributed by atoms with Gasteiger partial charge in [-0.1, -0.05) is 13.8 Å². The molecule has 0 saturated carbocycles. The van der Waals surface area contributed by atoms with Gasteiger partial charge in [-0.2, -0.15) is 0 Å². The highest BCUT2D eigenvalue weighted by atomic mass is 16.2. The molecule has 1 amide bonds. The predicted octanol–water partition coefficient (Wildman–Crippen LogP) is 1.39. The Morgan fingerprint density at radius 1 is 1.50 bits per heavy atom. The zero-order chi connectivity index (χ0) is 10.8. The Labute approximate surface area is 86.9 Å². The van der Waals surface area contributed by atoms with Crippen LogP contribution >= 0.6 is 0 Å². The molecule has 1 rings (SSSR count). The zero-order valence-corrected chi connectivity index (χ0v) is 9.76. The molecule has 0 unspecified atom stereocenters. The summed E-state index contributed by atoms with van der Waals surface area (Å²) < 4.78 is 0. The third kappa shape index (κ3) is 2.71. The van der Waals surface area contributed by atoms with E-state index in [9.17, 15) is 4.79 Å². The topological polar surface area (TPSA) is 32.3 Å². The van der Waals surface area contributed by atoms with Gasteiger partial charge in [0.25, 0.3) is 0 Å². The van der Waals surface area contributed by atoms with Gasteiger partial charge >= 0.3 is 0 Å². The Bertz CT molecular complexity index is 211. The average Bonchev–Trinajstić information content (AvgIpc) is 2.41. The minimum atomic E-state index is 0.0652. The number of hydrogen-bond donors (Lipinski definition) is 1. The van der Waals surface area contributed by atoms with Crippen molar-refractivity contribution >= 4 is 5.91 Å². The van der Waals surface area contributed by atoms with Crippen LogP contribution in [0, 0.1) is 0 Å². The molecule has 1 fully saturated rings. The first kappa shape index (κ1) is 11.5. The van der Waals surface area contributed by atoms with Gasteiger partial charge in [-0.3, -0.25) is 4.79 Å². The number of rotatable bonds is 3. The quantitative estimate of drug-likeness (QED) is 0.743. The van der Waals surface area contributed by atoms with Crippen LogP contribution in [0.15, 0.2) is 0 Å². The van der Waals surface area contributed by atoms with Crippen molar-refractivity contribution < 1.29 is 4.79 Å². The fourth-order valence-corrected chi connectivity index (χ4v) is 1.96. The molecule has 82 valence electrons. The summed E-state index contributed by atoms with van der Waals surface area (Å²) in [5.74, 6) is 0.237. The largest absolute Gasteiger partial charge is 0.336 e. The van der Waals surface area contributed by atoms with Gasteiger partial charge in [-0.15, -0.1) is 0 Å². The second kappa shape index (κ2) is 4.30. The maximum atomic E-state index is 11.8. The normalized spacial score (nSPS) is 20.5. The summed E-state index contributed by atoms with van der Waals surface area (Å²) in [6.07, 6.45) is 2.26. The van der Waals surface area contributed by atoms with Crippen molar-refractivity contribution in [1.29, 1.82) is 0 Å². The highest BCUT2D eigenvalue weighted by Crippen LogP contribution is 2.27. The smallest absolute Gasteiger partial charge is 0.236 e. The van der Waals surface area contributed by atoms with Crippen molar-refractivity contribution in [1.82, 2.24) is 10.2 Å². The van der Waals surface area contributed by atoms with Crippen LogP contribution in [0.4, 0.5) is 0 Å². The summed E-state index contributed by atoms with van der Waals surface area (Å²) in [6.45, 7) is 9.80. The van der Waals surface area contributed by atoms with Crippen LogP contribution in [0.3, 0.4) is 0 Å². The highest BCUT2D eigenvalue weighted by molar-refractivity contribution is 5.79. The van der Waals surface area contributed by atoms with Gasteiger partial charge in [0.2, 0.25) is 5.91 Å². The van der Waals surface area contributed by atoms with E-state index in [2.05, 4.69) is 33.0 Å². The van der Waals surface area contributed by atoms with E-state index in [1.807, 2.05) is 4.90 Å². The summed E-state index contributed by atoms with van der Waals surface area (Å²) >= 11 is 0. The Kier molecular flexibility index (Phi) is 3.53. The molecule has 0 atom stereocenters. The number of carbonyl (C=O) groups excluding carboxylic acids is 1. The Hall–Kier alpha value is -0.570. The molecule has 0 spiro atoms. The molecule has 0 aliphatic carbocycles. The molecule has 0 bridgehead atoms. The molecule has 0 radical (unpaired) electrons. The molecule has 1 aliphatic heterocycles. The summed E-state index contributed by atoms with van der Waals surface area (Å²) in [7, 11) is 0. The molecule has 1 saturated heterocycles. The SMILES string of the molecule is CC(C)NCC(=O)N1CCCC1(C)C. The van der Waals surface area contributed by atoms with E-state index in [1.54, 1.807) is 0 Å². The van der Waals surface area contributed by atoms with E-state index >= 15 is 0 Å². The Morgan fingerprint density at radius 3 is 2.57 bits per heavy atom. The van der Waals surface area contributed by atoms with E-state index in [-0.39, 0.29) is 11.4 Å². The summed E-state index contributed by atoms with van der Waals surface area (Å²) in [6, 6.07) is 0.379. The minimum Gasteiger partial charge on any atom is -0.336 e. The molecule has 3 nitrogen and oxygen atoms in total. The van der Waals surface area contributed by atoms with Crippen LogP contribution in [0.2, 0.25) is 0 Å². The third-order valence-corrected chi connectivity index (χ3v) is 2.86. The molecule has 1 N–H and O–H groups in total. The highest BCUT2D eigenvalue weighted by Gasteiger charge is 2.34. The lowest BCUT2D eigenvalue weighted by atomic mass is 10.0. The molecule has 0 aromatic carbocycles. The monoisotopic (exact) mass is 198 g/mol. The van der Waals surface area contributed by atoms with Crippen molar-refractivity contribution in [3.05, 3.63) is 0 Å². The fraction of sp³-hybridized carbons (Fsp3) is 0.909. The van der Waals surface area contributed by atoms with Crippen molar-refractivity contribution in [3.63, 3.8) is 0 Å². The standard InChI is InChI=1S/C11H22N2O/c1-9(2)12-8-10(14)13-7-5-6-11(13,3)4/h9,12H,5-8H2,1-4H3. The first-order chi connectivity index (χ1) is 6.43. The maximum Gasteiger partial charge on any atom is 0.236 e. The van der Waals surface area contributed by atoms with Gasteiger partial charge in [0, 0.05) is 18.1 Å². The molecule has 1 aliphatic rings. The molecule has 0 aromatic rings. The van der Waals surface area contributed by atoms with E-state index in [0.29, 0.717) is 12.6 Å². The molecule has 1 heterocycles. The second-order valence-electron chi connectivity index (χ2n) is 5.00. The number of nitrogens with one attached hydrogen (secondary N) is 1. The van der Waals surface area contributed by atoms with Crippen LogP contribution < -0.4 is 5.32 Å². The lowest BCUT2D eigenvalue weighted by Crippen LogP contribution is -2.47. The zero-order valence-electron chi connectivity index (χ0n) is 9.76. The number of hydrogen-bond acceptors (Lipinski definition) is 2. The van der Waals surface area contributed by atoms with Crippen LogP contribution in [0.25, 0.3) is 0 Å². The van der Waals surface area contributed by atoms with Crippen molar-refractivity contribution in [3.8, 4) is 0 Å². The van der Waals surface area contributed by atoms with Crippen LogP contribution in [0.5, 0.6) is 0 Å². The van der Waals surface area contributed by atoms with E-state index in [0.717, 1.165) is 19.4 Å². The van der Waals surface area contributed by atoms with E-state index in [4.69, 9.17) is 0 Å². The lowest BCUT2D eigenvalue weighted by Gasteiger charge is -2.32. The van der Waals surface area contributed by atoms with Gasteiger partial charge in [-0.25, -0.2) is 0 Å². The maximum absolute atomic E-state index is 11.8. The Balaban J connectivity index is 2.44. The fourth-order valence-electron chi connectivity index (χ4n) is 1.96.